The fourth-order valence-electron chi connectivity index (χ4n) is 2.82. The number of aromatic nitrogens is 1. The Morgan fingerprint density at radius 1 is 1.07 bits per heavy atom. The average molecular weight is 403 g/mol. The summed E-state index contributed by atoms with van der Waals surface area (Å²) in [5.74, 6) is 1.23. The van der Waals surface area contributed by atoms with Crippen molar-refractivity contribution >= 4 is 12.2 Å². The lowest BCUT2D eigenvalue weighted by atomic mass is 10.0. The van der Waals surface area contributed by atoms with Gasteiger partial charge in [0.1, 0.15) is 30.1 Å². The van der Waals surface area contributed by atoms with Gasteiger partial charge >= 0.3 is 6.18 Å². The number of benzene rings is 2. The second kappa shape index (κ2) is 8.03. The highest BCUT2D eigenvalue weighted by atomic mass is 19.4. The molecule has 1 heterocycles. The van der Waals surface area contributed by atoms with Gasteiger partial charge in [-0.25, -0.2) is 4.98 Å². The highest BCUT2D eigenvalue weighted by molar-refractivity contribution is 5.66. The number of phenolic OH excluding ortho intramolecular Hbond substituents is 1. The van der Waals surface area contributed by atoms with E-state index in [-0.39, 0.29) is 12.4 Å². The number of rotatable bonds is 5. The standard InChI is InChI=1S/C22H20F3NO3/c1-13-10-19(27)14(2)15(3)21(13)29-12-18-11-28-20(26-18)9-6-16-4-7-17(8-5-16)22(23,24)25/h4-11,27H,12H2,1-3H3/b9-6+. The molecule has 0 spiro atoms. The Labute approximate surface area is 166 Å². The van der Waals surface area contributed by atoms with Crippen LogP contribution in [0.4, 0.5) is 13.2 Å². The minimum Gasteiger partial charge on any atom is -0.508 e. The third kappa shape index (κ3) is 4.80. The quantitative estimate of drug-likeness (QED) is 0.561. The maximum absolute atomic E-state index is 12.6. The number of nitrogens with zero attached hydrogens (tertiary/aromatic N) is 1. The van der Waals surface area contributed by atoms with Gasteiger partial charge in [0, 0.05) is 6.08 Å². The number of ether oxygens (including phenoxy) is 1. The monoisotopic (exact) mass is 403 g/mol. The molecule has 0 bridgehead atoms. The van der Waals surface area contributed by atoms with Crippen LogP contribution in [0.3, 0.4) is 0 Å². The molecule has 0 aliphatic heterocycles. The Morgan fingerprint density at radius 2 is 1.76 bits per heavy atom. The van der Waals surface area contributed by atoms with Crippen molar-refractivity contribution in [2.45, 2.75) is 33.6 Å². The van der Waals surface area contributed by atoms with Crippen LogP contribution in [0.2, 0.25) is 0 Å². The Balaban J connectivity index is 1.66. The summed E-state index contributed by atoms with van der Waals surface area (Å²) < 4.78 is 49.0. The second-order valence-corrected chi connectivity index (χ2v) is 6.71. The number of aromatic hydroxyl groups is 1. The zero-order valence-corrected chi connectivity index (χ0v) is 16.2. The number of aryl methyl sites for hydroxylation is 1. The predicted molar refractivity (Wildman–Crippen MR) is 104 cm³/mol. The van der Waals surface area contributed by atoms with Crippen LogP contribution in [0.1, 0.15) is 39.4 Å². The molecule has 3 aromatic rings. The largest absolute Gasteiger partial charge is 0.508 e. The number of alkyl halides is 3. The van der Waals surface area contributed by atoms with Crippen LogP contribution in [0, 0.1) is 20.8 Å². The molecule has 0 atom stereocenters. The highest BCUT2D eigenvalue weighted by Crippen LogP contribution is 2.33. The van der Waals surface area contributed by atoms with E-state index in [9.17, 15) is 18.3 Å². The lowest BCUT2D eigenvalue weighted by Gasteiger charge is -2.14. The molecule has 7 heteroatoms. The van der Waals surface area contributed by atoms with Crippen LogP contribution in [0.25, 0.3) is 12.2 Å². The lowest BCUT2D eigenvalue weighted by molar-refractivity contribution is -0.137. The number of hydrogen-bond acceptors (Lipinski definition) is 4. The minimum absolute atomic E-state index is 0.184. The van der Waals surface area contributed by atoms with Crippen molar-refractivity contribution in [2.75, 3.05) is 0 Å². The molecule has 1 aromatic heterocycles. The van der Waals surface area contributed by atoms with Crippen LogP contribution >= 0.6 is 0 Å². The zero-order chi connectivity index (χ0) is 21.2. The van der Waals surface area contributed by atoms with E-state index < -0.39 is 11.7 Å². The predicted octanol–water partition coefficient (Wildman–Crippen LogP) is 6.07. The number of phenols is 1. The molecule has 1 N–H and O–H groups in total. The van der Waals surface area contributed by atoms with Crippen molar-refractivity contribution in [2.24, 2.45) is 0 Å². The molecule has 29 heavy (non-hydrogen) atoms. The van der Waals surface area contributed by atoms with Crippen molar-refractivity contribution in [3.05, 3.63) is 76.0 Å². The summed E-state index contributed by atoms with van der Waals surface area (Å²) in [6.07, 6.45) is 0.304. The Morgan fingerprint density at radius 3 is 2.41 bits per heavy atom. The smallest absolute Gasteiger partial charge is 0.416 e. The SMILES string of the molecule is Cc1cc(O)c(C)c(C)c1OCc1coc(/C=C/c2ccc(C(F)(F)F)cc2)n1. The van der Waals surface area contributed by atoms with Crippen LogP contribution in [0.5, 0.6) is 11.5 Å². The van der Waals surface area contributed by atoms with Gasteiger partial charge in [-0.05, 0) is 67.3 Å². The van der Waals surface area contributed by atoms with Gasteiger partial charge in [-0.1, -0.05) is 12.1 Å². The summed E-state index contributed by atoms with van der Waals surface area (Å²) in [4.78, 5) is 4.29. The summed E-state index contributed by atoms with van der Waals surface area (Å²) in [5, 5.41) is 9.86. The van der Waals surface area contributed by atoms with E-state index in [2.05, 4.69) is 4.98 Å². The fraction of sp³-hybridized carbons (Fsp3) is 0.227. The van der Waals surface area contributed by atoms with Gasteiger partial charge in [-0.15, -0.1) is 0 Å². The molecule has 0 amide bonds. The van der Waals surface area contributed by atoms with Gasteiger partial charge < -0.3 is 14.3 Å². The molecule has 0 fully saturated rings. The molecular formula is C22H20F3NO3. The second-order valence-electron chi connectivity index (χ2n) is 6.71. The van der Waals surface area contributed by atoms with Crippen molar-refractivity contribution in [3.8, 4) is 11.5 Å². The van der Waals surface area contributed by atoms with Gasteiger partial charge in [0.15, 0.2) is 0 Å². The molecule has 0 saturated carbocycles. The van der Waals surface area contributed by atoms with E-state index in [0.717, 1.165) is 28.8 Å². The van der Waals surface area contributed by atoms with Crippen molar-refractivity contribution < 1.29 is 27.4 Å². The first kappa shape index (κ1) is 20.5. The molecule has 3 rings (SSSR count). The van der Waals surface area contributed by atoms with E-state index >= 15 is 0 Å². The summed E-state index contributed by atoms with van der Waals surface area (Å²) >= 11 is 0. The third-order valence-electron chi connectivity index (χ3n) is 4.59. The van der Waals surface area contributed by atoms with Gasteiger partial charge in [-0.2, -0.15) is 13.2 Å². The number of oxazole rings is 1. The third-order valence-corrected chi connectivity index (χ3v) is 4.59. The zero-order valence-electron chi connectivity index (χ0n) is 16.2. The molecule has 0 saturated heterocycles. The maximum atomic E-state index is 12.6. The van der Waals surface area contributed by atoms with E-state index in [0.29, 0.717) is 22.9 Å². The van der Waals surface area contributed by atoms with Crippen LogP contribution in [-0.2, 0) is 12.8 Å². The molecular weight excluding hydrogens is 383 g/mol. The normalized spacial score (nSPS) is 11.9. The summed E-state index contributed by atoms with van der Waals surface area (Å²) in [6.45, 7) is 5.72. The first-order chi connectivity index (χ1) is 13.6. The molecule has 0 radical (unpaired) electrons. The van der Waals surface area contributed by atoms with Crippen LogP contribution in [0.15, 0.2) is 41.0 Å². The van der Waals surface area contributed by atoms with E-state index in [4.69, 9.17) is 9.15 Å². The fourth-order valence-corrected chi connectivity index (χ4v) is 2.82. The molecule has 2 aromatic carbocycles. The maximum Gasteiger partial charge on any atom is 0.416 e. The topological polar surface area (TPSA) is 55.5 Å². The molecule has 0 aliphatic carbocycles. The highest BCUT2D eigenvalue weighted by Gasteiger charge is 2.29. The number of hydrogen-bond donors (Lipinski definition) is 1. The van der Waals surface area contributed by atoms with E-state index in [1.165, 1.54) is 18.4 Å². The van der Waals surface area contributed by atoms with Crippen molar-refractivity contribution in [3.63, 3.8) is 0 Å². The first-order valence-electron chi connectivity index (χ1n) is 8.87. The van der Waals surface area contributed by atoms with Gasteiger partial charge in [0.2, 0.25) is 5.89 Å². The Bertz CT molecular complexity index is 1030. The molecule has 152 valence electrons. The van der Waals surface area contributed by atoms with Crippen molar-refractivity contribution in [1.29, 1.82) is 0 Å². The Hall–Kier alpha value is -3.22. The van der Waals surface area contributed by atoms with Crippen LogP contribution < -0.4 is 4.74 Å². The Kier molecular flexibility index (Phi) is 5.68. The van der Waals surface area contributed by atoms with Gasteiger partial charge in [-0.3, -0.25) is 0 Å². The molecule has 0 unspecified atom stereocenters. The average Bonchev–Trinajstić information content (AvgIpc) is 3.12. The summed E-state index contributed by atoms with van der Waals surface area (Å²) in [6, 6.07) is 6.46. The first-order valence-corrected chi connectivity index (χ1v) is 8.87. The van der Waals surface area contributed by atoms with Crippen LogP contribution in [-0.4, -0.2) is 10.1 Å². The van der Waals surface area contributed by atoms with Gasteiger partial charge in [0.25, 0.3) is 0 Å². The summed E-state index contributed by atoms with van der Waals surface area (Å²) in [7, 11) is 0. The lowest BCUT2D eigenvalue weighted by Crippen LogP contribution is -2.03. The number of halogens is 3. The van der Waals surface area contributed by atoms with Crippen molar-refractivity contribution in [1.82, 2.24) is 4.98 Å². The minimum atomic E-state index is -4.35. The van der Waals surface area contributed by atoms with Gasteiger partial charge in [0.05, 0.1) is 5.56 Å². The summed E-state index contributed by atoms with van der Waals surface area (Å²) in [5.41, 5.74) is 2.90. The molecule has 0 aliphatic rings. The van der Waals surface area contributed by atoms with E-state index in [1.54, 1.807) is 18.2 Å². The molecule has 4 nitrogen and oxygen atoms in total. The van der Waals surface area contributed by atoms with E-state index in [1.807, 2.05) is 20.8 Å².